The van der Waals surface area contributed by atoms with Crippen LogP contribution in [-0.4, -0.2) is 20.6 Å². The number of carbonyl (C=O) groups excluding carboxylic acids is 1. The third-order valence-corrected chi connectivity index (χ3v) is 5.45. The molecule has 0 aliphatic carbocycles. The second-order valence-electron chi connectivity index (χ2n) is 7.51. The number of nitriles is 1. The van der Waals surface area contributed by atoms with Gasteiger partial charge in [-0.2, -0.15) is 10.4 Å². The van der Waals surface area contributed by atoms with Crippen LogP contribution in [0.2, 0.25) is 0 Å². The van der Waals surface area contributed by atoms with Gasteiger partial charge in [-0.15, -0.1) is 0 Å². The van der Waals surface area contributed by atoms with Gasteiger partial charge < -0.3 is 9.64 Å². The van der Waals surface area contributed by atoms with Crippen molar-refractivity contribution in [3.8, 4) is 23.3 Å². The number of aromatic nitrogens is 2. The lowest BCUT2D eigenvalue weighted by molar-refractivity contribution is 0.0764. The molecule has 0 saturated carbocycles. The number of halogens is 2. The summed E-state index contributed by atoms with van der Waals surface area (Å²) in [6.07, 6.45) is 3.51. The second kappa shape index (κ2) is 8.20. The van der Waals surface area contributed by atoms with Crippen LogP contribution in [0.4, 0.5) is 8.78 Å². The summed E-state index contributed by atoms with van der Waals surface area (Å²) < 4.78 is 36.2. The molecule has 3 aromatic carbocycles. The van der Waals surface area contributed by atoms with Gasteiger partial charge in [0.15, 0.2) is 11.6 Å². The normalized spacial score (nSPS) is 12.5. The van der Waals surface area contributed by atoms with Crippen molar-refractivity contribution >= 4 is 5.91 Å². The molecule has 5 rings (SSSR count). The maximum atomic E-state index is 14.6. The minimum Gasteiger partial charge on any atom is -0.452 e. The fraction of sp³-hybridized carbons (Fsp3) is 0.0800. The number of carbonyl (C=O) groups is 1. The highest BCUT2D eigenvalue weighted by Gasteiger charge is 2.34. The molecule has 0 spiro atoms. The average Bonchev–Trinajstić information content (AvgIpc) is 3.47. The Bertz CT molecular complexity index is 1390. The Morgan fingerprint density at radius 3 is 2.58 bits per heavy atom. The van der Waals surface area contributed by atoms with Crippen LogP contribution >= 0.6 is 0 Å². The molecule has 1 aliphatic heterocycles. The third-order valence-electron chi connectivity index (χ3n) is 5.45. The van der Waals surface area contributed by atoms with Gasteiger partial charge >= 0.3 is 0 Å². The predicted octanol–water partition coefficient (Wildman–Crippen LogP) is 4.97. The van der Waals surface area contributed by atoms with Gasteiger partial charge in [-0.05, 0) is 48.0 Å². The monoisotopic (exact) mass is 442 g/mol. The molecule has 6 nitrogen and oxygen atoms in total. The fourth-order valence-electron chi connectivity index (χ4n) is 3.83. The highest BCUT2D eigenvalue weighted by Crippen LogP contribution is 2.37. The molecule has 2 heterocycles. The van der Waals surface area contributed by atoms with Crippen LogP contribution in [0.25, 0.3) is 5.69 Å². The Kier molecular flexibility index (Phi) is 5.07. The van der Waals surface area contributed by atoms with E-state index in [2.05, 4.69) is 5.10 Å². The van der Waals surface area contributed by atoms with E-state index in [4.69, 9.17) is 4.74 Å². The maximum absolute atomic E-state index is 14.6. The van der Waals surface area contributed by atoms with Crippen LogP contribution in [0.3, 0.4) is 0 Å². The largest absolute Gasteiger partial charge is 0.452 e. The van der Waals surface area contributed by atoms with E-state index < -0.39 is 17.5 Å². The standard InChI is InChI=1S/C25H16F2N4O2/c26-20-9-10-22(33-24-17(13-28)3-1-4-21(24)27)23-19(20)15-30(25(23)32)14-16-5-7-18(8-6-16)31-12-2-11-29-31/h1-12H,14-15H2. The van der Waals surface area contributed by atoms with Crippen LogP contribution in [0.15, 0.2) is 73.1 Å². The number of ether oxygens (including phenoxy) is 1. The zero-order valence-electron chi connectivity index (χ0n) is 17.2. The highest BCUT2D eigenvalue weighted by molar-refractivity contribution is 6.01. The minimum absolute atomic E-state index is 0.00882. The number of rotatable bonds is 5. The van der Waals surface area contributed by atoms with Gasteiger partial charge in [-0.1, -0.05) is 18.2 Å². The third kappa shape index (κ3) is 3.70. The molecule has 0 unspecified atom stereocenters. The van der Waals surface area contributed by atoms with Gasteiger partial charge in [-0.25, -0.2) is 13.5 Å². The second-order valence-corrected chi connectivity index (χ2v) is 7.51. The summed E-state index contributed by atoms with van der Waals surface area (Å²) in [5.74, 6) is -2.00. The van der Waals surface area contributed by atoms with E-state index in [0.29, 0.717) is 0 Å². The lowest BCUT2D eigenvalue weighted by atomic mass is 10.1. The molecule has 0 bridgehead atoms. The highest BCUT2D eigenvalue weighted by atomic mass is 19.1. The summed E-state index contributed by atoms with van der Waals surface area (Å²) in [5, 5.41) is 13.4. The van der Waals surface area contributed by atoms with Crippen LogP contribution < -0.4 is 4.74 Å². The maximum Gasteiger partial charge on any atom is 0.258 e. The molecule has 0 radical (unpaired) electrons. The summed E-state index contributed by atoms with van der Waals surface area (Å²) in [7, 11) is 0. The first-order valence-electron chi connectivity index (χ1n) is 10.1. The molecule has 33 heavy (non-hydrogen) atoms. The van der Waals surface area contributed by atoms with Crippen molar-refractivity contribution < 1.29 is 18.3 Å². The molecule has 0 saturated heterocycles. The lowest BCUT2D eigenvalue weighted by Gasteiger charge is -2.16. The predicted molar refractivity (Wildman–Crippen MR) is 115 cm³/mol. The quantitative estimate of drug-likeness (QED) is 0.438. The first-order valence-corrected chi connectivity index (χ1v) is 10.1. The SMILES string of the molecule is N#Cc1cccc(F)c1Oc1ccc(F)c2c1C(=O)N(Cc1ccc(-n3cccn3)cc1)C2. The van der Waals surface area contributed by atoms with Crippen molar-refractivity contribution in [3.05, 3.63) is 107 Å². The van der Waals surface area contributed by atoms with Gasteiger partial charge in [-0.3, -0.25) is 4.79 Å². The van der Waals surface area contributed by atoms with Gasteiger partial charge in [0.05, 0.1) is 23.4 Å². The van der Waals surface area contributed by atoms with Crippen LogP contribution in [0.1, 0.15) is 27.0 Å². The van der Waals surface area contributed by atoms with Crippen molar-refractivity contribution in [2.24, 2.45) is 0 Å². The molecule has 1 amide bonds. The zero-order valence-corrected chi connectivity index (χ0v) is 17.2. The van der Waals surface area contributed by atoms with E-state index in [1.807, 2.05) is 42.6 Å². The number of hydrogen-bond donors (Lipinski definition) is 0. The smallest absolute Gasteiger partial charge is 0.258 e. The first-order chi connectivity index (χ1) is 16.0. The van der Waals surface area contributed by atoms with E-state index in [9.17, 15) is 18.8 Å². The van der Waals surface area contributed by atoms with Crippen molar-refractivity contribution in [1.82, 2.24) is 14.7 Å². The summed E-state index contributed by atoms with van der Waals surface area (Å²) in [6, 6.07) is 17.6. The Morgan fingerprint density at radius 1 is 1.03 bits per heavy atom. The van der Waals surface area contributed by atoms with Gasteiger partial charge in [0.1, 0.15) is 17.6 Å². The number of nitrogens with zero attached hydrogens (tertiary/aromatic N) is 4. The summed E-state index contributed by atoms with van der Waals surface area (Å²) >= 11 is 0. The van der Waals surface area contributed by atoms with Crippen LogP contribution in [-0.2, 0) is 13.1 Å². The van der Waals surface area contributed by atoms with Crippen molar-refractivity contribution in [1.29, 1.82) is 5.26 Å². The number of para-hydroxylation sites is 1. The van der Waals surface area contributed by atoms with Gasteiger partial charge in [0.2, 0.25) is 0 Å². The molecule has 0 atom stereocenters. The van der Waals surface area contributed by atoms with Crippen molar-refractivity contribution in [3.63, 3.8) is 0 Å². The van der Waals surface area contributed by atoms with E-state index >= 15 is 0 Å². The molecule has 4 aromatic rings. The van der Waals surface area contributed by atoms with E-state index in [1.54, 1.807) is 10.9 Å². The lowest BCUT2D eigenvalue weighted by Crippen LogP contribution is -2.23. The summed E-state index contributed by atoms with van der Waals surface area (Å²) in [5.41, 5.74) is 1.93. The molecule has 1 aliphatic rings. The number of amides is 1. The van der Waals surface area contributed by atoms with E-state index in [1.165, 1.54) is 29.2 Å². The molecular weight excluding hydrogens is 426 g/mol. The molecule has 162 valence electrons. The van der Waals surface area contributed by atoms with Crippen molar-refractivity contribution in [2.75, 3.05) is 0 Å². The topological polar surface area (TPSA) is 71.2 Å². The average molecular weight is 442 g/mol. The fourth-order valence-corrected chi connectivity index (χ4v) is 3.83. The molecule has 0 fully saturated rings. The summed E-state index contributed by atoms with van der Waals surface area (Å²) in [4.78, 5) is 14.7. The van der Waals surface area contributed by atoms with Crippen LogP contribution in [0.5, 0.6) is 11.5 Å². The van der Waals surface area contributed by atoms with Crippen LogP contribution in [0, 0.1) is 23.0 Å². The van der Waals surface area contributed by atoms with Gasteiger partial charge in [0.25, 0.3) is 5.91 Å². The molecule has 0 N–H and O–H groups in total. The minimum atomic E-state index is -0.744. The molecule has 8 heteroatoms. The number of benzene rings is 3. The Morgan fingerprint density at radius 2 is 1.85 bits per heavy atom. The zero-order chi connectivity index (χ0) is 22.9. The van der Waals surface area contributed by atoms with E-state index in [0.717, 1.165) is 17.3 Å². The number of hydrogen-bond acceptors (Lipinski definition) is 4. The van der Waals surface area contributed by atoms with E-state index in [-0.39, 0.29) is 41.3 Å². The first kappa shape index (κ1) is 20.4. The van der Waals surface area contributed by atoms with Crippen molar-refractivity contribution in [2.45, 2.75) is 13.1 Å². The Hall–Kier alpha value is -4.51. The number of fused-ring (bicyclic) bond motifs is 1. The molecule has 1 aromatic heterocycles. The Balaban J connectivity index is 1.42. The Labute approximate surface area is 187 Å². The molecular formula is C25H16F2N4O2. The van der Waals surface area contributed by atoms with Gasteiger partial charge in [0, 0.05) is 24.5 Å². The summed E-state index contributed by atoms with van der Waals surface area (Å²) in [6.45, 7) is 0.315.